The normalized spacial score (nSPS) is 18.9. The van der Waals surface area contributed by atoms with Gasteiger partial charge in [-0.2, -0.15) is 0 Å². The topological polar surface area (TPSA) is 39.7 Å². The zero-order valence-electron chi connectivity index (χ0n) is 10.1. The van der Waals surface area contributed by atoms with Crippen LogP contribution in [0.1, 0.15) is 26.2 Å². The lowest BCUT2D eigenvalue weighted by atomic mass is 10.1. The van der Waals surface area contributed by atoms with Crippen molar-refractivity contribution in [1.82, 2.24) is 15.5 Å². The van der Waals surface area contributed by atoms with E-state index in [1.165, 1.54) is 32.4 Å². The summed E-state index contributed by atoms with van der Waals surface area (Å²) >= 11 is 0. The summed E-state index contributed by atoms with van der Waals surface area (Å²) in [4.78, 5) is 6.66. The largest absolute Gasteiger partial charge is 0.357 e. The third-order valence-corrected chi connectivity index (χ3v) is 2.74. The van der Waals surface area contributed by atoms with Crippen molar-refractivity contribution < 1.29 is 0 Å². The van der Waals surface area contributed by atoms with E-state index in [2.05, 4.69) is 27.4 Å². The number of hydrogen-bond donors (Lipinski definition) is 2. The van der Waals surface area contributed by atoms with E-state index < -0.39 is 0 Å². The van der Waals surface area contributed by atoms with Gasteiger partial charge in [0.25, 0.3) is 0 Å². The van der Waals surface area contributed by atoms with Crippen molar-refractivity contribution in [2.24, 2.45) is 4.99 Å². The SMILES string of the molecule is CCNC(=NC)NCCN1CCCCC1. The Bertz CT molecular complexity index is 185. The second kappa shape index (κ2) is 7.51. The molecule has 0 bridgehead atoms. The van der Waals surface area contributed by atoms with E-state index in [1.54, 1.807) is 0 Å². The summed E-state index contributed by atoms with van der Waals surface area (Å²) in [7, 11) is 1.81. The summed E-state index contributed by atoms with van der Waals surface area (Å²) < 4.78 is 0. The highest BCUT2D eigenvalue weighted by atomic mass is 15.2. The molecule has 1 aliphatic heterocycles. The van der Waals surface area contributed by atoms with Crippen LogP contribution in [0.5, 0.6) is 0 Å². The standard InChI is InChI=1S/C11H24N4/c1-3-13-11(12-2)14-7-10-15-8-5-4-6-9-15/h3-10H2,1-2H3,(H2,12,13,14). The van der Waals surface area contributed by atoms with E-state index in [0.717, 1.165) is 25.6 Å². The van der Waals surface area contributed by atoms with Gasteiger partial charge in [-0.05, 0) is 32.9 Å². The van der Waals surface area contributed by atoms with Gasteiger partial charge in [-0.3, -0.25) is 4.99 Å². The number of aliphatic imine (C=N–C) groups is 1. The fraction of sp³-hybridized carbons (Fsp3) is 0.909. The number of nitrogens with one attached hydrogen (secondary N) is 2. The van der Waals surface area contributed by atoms with Gasteiger partial charge in [0.05, 0.1) is 0 Å². The summed E-state index contributed by atoms with van der Waals surface area (Å²) in [5, 5.41) is 6.51. The average molecular weight is 212 g/mol. The van der Waals surface area contributed by atoms with Crippen molar-refractivity contribution in [3.63, 3.8) is 0 Å². The maximum absolute atomic E-state index is 4.14. The third-order valence-electron chi connectivity index (χ3n) is 2.74. The Balaban J connectivity index is 2.08. The van der Waals surface area contributed by atoms with Crippen LogP contribution in [-0.2, 0) is 0 Å². The highest BCUT2D eigenvalue weighted by Crippen LogP contribution is 2.07. The molecule has 0 saturated carbocycles. The number of piperidine rings is 1. The minimum Gasteiger partial charge on any atom is -0.357 e. The molecule has 0 spiro atoms. The summed E-state index contributed by atoms with van der Waals surface area (Å²) in [5.74, 6) is 0.912. The van der Waals surface area contributed by atoms with E-state index >= 15 is 0 Å². The van der Waals surface area contributed by atoms with Gasteiger partial charge >= 0.3 is 0 Å². The van der Waals surface area contributed by atoms with E-state index in [9.17, 15) is 0 Å². The molecular formula is C11H24N4. The van der Waals surface area contributed by atoms with Gasteiger partial charge in [-0.1, -0.05) is 6.42 Å². The molecule has 4 heteroatoms. The summed E-state index contributed by atoms with van der Waals surface area (Å²) in [6.07, 6.45) is 4.13. The second-order valence-electron chi connectivity index (χ2n) is 3.93. The highest BCUT2D eigenvalue weighted by molar-refractivity contribution is 5.79. The first kappa shape index (κ1) is 12.3. The first-order chi connectivity index (χ1) is 7.36. The summed E-state index contributed by atoms with van der Waals surface area (Å²) in [6, 6.07) is 0. The quantitative estimate of drug-likeness (QED) is 0.531. The molecule has 2 N–H and O–H groups in total. The molecule has 0 atom stereocenters. The molecular weight excluding hydrogens is 188 g/mol. The van der Waals surface area contributed by atoms with E-state index in [0.29, 0.717) is 0 Å². The van der Waals surface area contributed by atoms with Crippen molar-refractivity contribution in [1.29, 1.82) is 0 Å². The molecule has 1 aliphatic rings. The van der Waals surface area contributed by atoms with Crippen LogP contribution in [0.25, 0.3) is 0 Å². The first-order valence-electron chi connectivity index (χ1n) is 6.03. The molecule has 4 nitrogen and oxygen atoms in total. The Morgan fingerprint density at radius 1 is 1.20 bits per heavy atom. The zero-order chi connectivity index (χ0) is 10.9. The fourth-order valence-corrected chi connectivity index (χ4v) is 1.90. The van der Waals surface area contributed by atoms with Crippen LogP contribution >= 0.6 is 0 Å². The second-order valence-corrected chi connectivity index (χ2v) is 3.93. The molecule has 0 aliphatic carbocycles. The van der Waals surface area contributed by atoms with Crippen LogP contribution in [0, 0.1) is 0 Å². The molecule has 0 amide bonds. The van der Waals surface area contributed by atoms with Crippen LogP contribution in [0.4, 0.5) is 0 Å². The number of likely N-dealkylation sites (tertiary alicyclic amines) is 1. The van der Waals surface area contributed by atoms with Gasteiger partial charge in [-0.25, -0.2) is 0 Å². The Hall–Kier alpha value is -0.770. The molecule has 0 aromatic carbocycles. The van der Waals surface area contributed by atoms with Crippen molar-refractivity contribution in [3.8, 4) is 0 Å². The summed E-state index contributed by atoms with van der Waals surface area (Å²) in [5.41, 5.74) is 0. The fourth-order valence-electron chi connectivity index (χ4n) is 1.90. The lowest BCUT2D eigenvalue weighted by Crippen LogP contribution is -2.42. The minimum atomic E-state index is 0.912. The third kappa shape index (κ3) is 5.02. The van der Waals surface area contributed by atoms with Gasteiger partial charge in [-0.15, -0.1) is 0 Å². The molecule has 0 unspecified atom stereocenters. The Labute approximate surface area is 93.1 Å². The van der Waals surface area contributed by atoms with Crippen LogP contribution < -0.4 is 10.6 Å². The predicted octanol–water partition coefficient (Wildman–Crippen LogP) is 0.657. The average Bonchev–Trinajstić information content (AvgIpc) is 2.29. The van der Waals surface area contributed by atoms with Crippen LogP contribution in [0.2, 0.25) is 0 Å². The molecule has 0 aromatic rings. The van der Waals surface area contributed by atoms with Crippen molar-refractivity contribution in [3.05, 3.63) is 0 Å². The molecule has 15 heavy (non-hydrogen) atoms. The van der Waals surface area contributed by atoms with E-state index in [1.807, 2.05) is 7.05 Å². The molecule has 0 aromatic heterocycles. The number of rotatable bonds is 4. The minimum absolute atomic E-state index is 0.912. The number of nitrogens with zero attached hydrogens (tertiary/aromatic N) is 2. The Kier molecular flexibility index (Phi) is 6.16. The maximum atomic E-state index is 4.14. The lowest BCUT2D eigenvalue weighted by molar-refractivity contribution is 0.232. The molecule has 1 fully saturated rings. The van der Waals surface area contributed by atoms with Crippen LogP contribution in [-0.4, -0.2) is 50.6 Å². The molecule has 1 heterocycles. The Morgan fingerprint density at radius 3 is 2.53 bits per heavy atom. The zero-order valence-corrected chi connectivity index (χ0v) is 10.1. The highest BCUT2D eigenvalue weighted by Gasteiger charge is 2.08. The van der Waals surface area contributed by atoms with Crippen LogP contribution in [0.15, 0.2) is 4.99 Å². The lowest BCUT2D eigenvalue weighted by Gasteiger charge is -2.26. The number of guanidine groups is 1. The molecule has 1 rings (SSSR count). The molecule has 88 valence electrons. The monoisotopic (exact) mass is 212 g/mol. The van der Waals surface area contributed by atoms with Gasteiger partial charge in [0.15, 0.2) is 5.96 Å². The smallest absolute Gasteiger partial charge is 0.191 e. The van der Waals surface area contributed by atoms with E-state index in [-0.39, 0.29) is 0 Å². The van der Waals surface area contributed by atoms with Crippen molar-refractivity contribution in [2.45, 2.75) is 26.2 Å². The van der Waals surface area contributed by atoms with Crippen molar-refractivity contribution >= 4 is 5.96 Å². The van der Waals surface area contributed by atoms with Gasteiger partial charge in [0.1, 0.15) is 0 Å². The van der Waals surface area contributed by atoms with Gasteiger partial charge in [0, 0.05) is 26.7 Å². The Morgan fingerprint density at radius 2 is 1.93 bits per heavy atom. The first-order valence-corrected chi connectivity index (χ1v) is 6.03. The molecule has 0 radical (unpaired) electrons. The van der Waals surface area contributed by atoms with Gasteiger partial charge in [0.2, 0.25) is 0 Å². The molecule has 1 saturated heterocycles. The van der Waals surface area contributed by atoms with Crippen LogP contribution in [0.3, 0.4) is 0 Å². The van der Waals surface area contributed by atoms with Gasteiger partial charge < -0.3 is 15.5 Å². The predicted molar refractivity (Wildman–Crippen MR) is 65.3 cm³/mol. The van der Waals surface area contributed by atoms with E-state index in [4.69, 9.17) is 0 Å². The number of hydrogen-bond acceptors (Lipinski definition) is 2. The van der Waals surface area contributed by atoms with Crippen molar-refractivity contribution in [2.75, 3.05) is 39.8 Å². The summed E-state index contributed by atoms with van der Waals surface area (Å²) in [6.45, 7) is 7.65. The maximum Gasteiger partial charge on any atom is 0.191 e.